The van der Waals surface area contributed by atoms with Crippen LogP contribution in [0.5, 0.6) is 0 Å². The molecule has 0 N–H and O–H groups in total. The van der Waals surface area contributed by atoms with Crippen molar-refractivity contribution in [2.75, 3.05) is 6.54 Å². The van der Waals surface area contributed by atoms with Gasteiger partial charge in [-0.3, -0.25) is 19.2 Å². The van der Waals surface area contributed by atoms with Gasteiger partial charge in [0.15, 0.2) is 5.78 Å². The van der Waals surface area contributed by atoms with Crippen molar-refractivity contribution in [2.24, 2.45) is 11.8 Å². The molecular weight excluding hydrogens is 458 g/mol. The van der Waals surface area contributed by atoms with Gasteiger partial charge in [-0.05, 0) is 55.3 Å². The maximum absolute atomic E-state index is 13.4. The second-order valence-electron chi connectivity index (χ2n) is 7.57. The zero-order valence-corrected chi connectivity index (χ0v) is 18.1. The Morgan fingerprint density at radius 1 is 0.906 bits per heavy atom. The highest BCUT2D eigenvalue weighted by Gasteiger charge is 2.51. The number of Topliss-reactive ketones (excluding diaryl/α,β-unsaturated/α-hetero) is 1. The first-order valence-corrected chi connectivity index (χ1v) is 10.6. The molecule has 0 saturated carbocycles. The van der Waals surface area contributed by atoms with Gasteiger partial charge in [0.25, 0.3) is 17.7 Å². The summed E-state index contributed by atoms with van der Waals surface area (Å²) in [6.45, 7) is -0.588. The first kappa shape index (κ1) is 22.2. The van der Waals surface area contributed by atoms with Crippen LogP contribution >= 0.6 is 23.2 Å². The fraction of sp³-hybridized carbons (Fsp3) is 0.217. The van der Waals surface area contributed by atoms with E-state index in [0.29, 0.717) is 12.8 Å². The molecule has 1 heterocycles. The number of hydrogen-bond donors (Lipinski definition) is 0. The standard InChI is InChI=1S/C23H17Cl2FN2O4/c24-18-10-7-14(11-19(18)25)21(30)27(12-20(29)13-5-8-15(26)9-6-13)28-22(31)16-3-1-2-4-17(16)23(28)32/h1-2,5-11,16-17H,3-4,12H2/t16-,17-/m1/s1. The summed E-state index contributed by atoms with van der Waals surface area (Å²) in [5.41, 5.74) is 0.191. The Labute approximate surface area is 193 Å². The second kappa shape index (κ2) is 8.84. The van der Waals surface area contributed by atoms with Gasteiger partial charge >= 0.3 is 0 Å². The van der Waals surface area contributed by atoms with Gasteiger partial charge in [-0.15, -0.1) is 0 Å². The van der Waals surface area contributed by atoms with Gasteiger partial charge in [0.05, 0.1) is 21.9 Å². The number of carbonyl (C=O) groups excluding carboxylic acids is 4. The highest BCUT2D eigenvalue weighted by Crippen LogP contribution is 2.36. The van der Waals surface area contributed by atoms with Crippen LogP contribution in [0.1, 0.15) is 33.6 Å². The smallest absolute Gasteiger partial charge is 0.273 e. The van der Waals surface area contributed by atoms with E-state index in [-0.39, 0.29) is 21.2 Å². The fourth-order valence-corrected chi connectivity index (χ4v) is 4.19. The molecular formula is C23H17Cl2FN2O4. The zero-order valence-electron chi connectivity index (χ0n) is 16.6. The summed E-state index contributed by atoms with van der Waals surface area (Å²) in [7, 11) is 0. The molecule has 0 bridgehead atoms. The average molecular weight is 475 g/mol. The Morgan fingerprint density at radius 2 is 1.47 bits per heavy atom. The number of allylic oxidation sites excluding steroid dienone is 2. The van der Waals surface area contributed by atoms with E-state index in [1.165, 1.54) is 30.3 Å². The van der Waals surface area contributed by atoms with Crippen LogP contribution in [0, 0.1) is 17.7 Å². The SMILES string of the molecule is O=C(CN(C(=O)c1ccc(Cl)c(Cl)c1)N1C(=O)[C@@H]2CC=CC[C@H]2C1=O)c1ccc(F)cc1. The molecule has 1 aliphatic carbocycles. The lowest BCUT2D eigenvalue weighted by molar-refractivity contribution is -0.154. The van der Waals surface area contributed by atoms with Crippen LogP contribution in [-0.4, -0.2) is 40.1 Å². The fourth-order valence-electron chi connectivity index (χ4n) is 3.90. The van der Waals surface area contributed by atoms with Gasteiger partial charge in [0, 0.05) is 11.1 Å². The van der Waals surface area contributed by atoms with Gasteiger partial charge < -0.3 is 0 Å². The van der Waals surface area contributed by atoms with Crippen LogP contribution < -0.4 is 0 Å². The van der Waals surface area contributed by atoms with E-state index in [1.807, 2.05) is 12.2 Å². The number of halogens is 3. The van der Waals surface area contributed by atoms with Crippen molar-refractivity contribution < 1.29 is 23.6 Å². The van der Waals surface area contributed by atoms with Crippen molar-refractivity contribution in [1.82, 2.24) is 10.0 Å². The Hall–Kier alpha value is -3.03. The van der Waals surface area contributed by atoms with Crippen LogP contribution in [0.25, 0.3) is 0 Å². The van der Waals surface area contributed by atoms with Crippen LogP contribution in [0.2, 0.25) is 10.0 Å². The molecule has 164 valence electrons. The number of rotatable bonds is 5. The summed E-state index contributed by atoms with van der Waals surface area (Å²) in [6.07, 6.45) is 4.41. The van der Waals surface area contributed by atoms with Crippen LogP contribution in [-0.2, 0) is 9.59 Å². The largest absolute Gasteiger partial charge is 0.292 e. The number of ketones is 1. The molecule has 1 saturated heterocycles. The average Bonchev–Trinajstić information content (AvgIpc) is 3.04. The van der Waals surface area contributed by atoms with Crippen molar-refractivity contribution in [3.8, 4) is 0 Å². The predicted molar refractivity (Wildman–Crippen MR) is 115 cm³/mol. The lowest BCUT2D eigenvalue weighted by atomic mass is 9.85. The summed E-state index contributed by atoms with van der Waals surface area (Å²) in [5.74, 6) is -4.09. The molecule has 32 heavy (non-hydrogen) atoms. The number of imide groups is 1. The molecule has 2 aromatic rings. The van der Waals surface area contributed by atoms with Crippen molar-refractivity contribution in [1.29, 1.82) is 0 Å². The summed E-state index contributed by atoms with van der Waals surface area (Å²) in [6, 6.07) is 8.89. The number of benzene rings is 2. The van der Waals surface area contributed by atoms with E-state index in [2.05, 4.69) is 0 Å². The lowest BCUT2D eigenvalue weighted by Gasteiger charge is -2.30. The van der Waals surface area contributed by atoms with Crippen LogP contribution in [0.4, 0.5) is 4.39 Å². The van der Waals surface area contributed by atoms with E-state index in [1.54, 1.807) is 0 Å². The van der Waals surface area contributed by atoms with Gasteiger partial charge in [-0.25, -0.2) is 9.40 Å². The monoisotopic (exact) mass is 474 g/mol. The minimum absolute atomic E-state index is 0.0555. The third-order valence-corrected chi connectivity index (χ3v) is 6.33. The Bertz CT molecular complexity index is 1120. The molecule has 0 aromatic heterocycles. The van der Waals surface area contributed by atoms with Gasteiger partial charge in [-0.2, -0.15) is 5.01 Å². The molecule has 4 rings (SSSR count). The topological polar surface area (TPSA) is 74.8 Å². The van der Waals surface area contributed by atoms with E-state index in [0.717, 1.165) is 22.2 Å². The molecule has 2 aliphatic rings. The van der Waals surface area contributed by atoms with Crippen molar-refractivity contribution in [2.45, 2.75) is 12.8 Å². The third kappa shape index (κ3) is 4.06. The molecule has 1 fully saturated rings. The Balaban J connectivity index is 1.70. The minimum atomic E-state index is -0.757. The van der Waals surface area contributed by atoms with Crippen LogP contribution in [0.15, 0.2) is 54.6 Å². The maximum atomic E-state index is 13.4. The number of carbonyl (C=O) groups is 4. The quantitative estimate of drug-likeness (QED) is 0.367. The van der Waals surface area contributed by atoms with Gasteiger partial charge in [0.1, 0.15) is 12.4 Å². The molecule has 2 aromatic carbocycles. The zero-order chi connectivity index (χ0) is 23.0. The molecule has 1 aliphatic heterocycles. The van der Waals surface area contributed by atoms with Crippen molar-refractivity contribution in [3.63, 3.8) is 0 Å². The Kier molecular flexibility index (Phi) is 6.13. The molecule has 0 radical (unpaired) electrons. The van der Waals surface area contributed by atoms with Crippen LogP contribution in [0.3, 0.4) is 0 Å². The van der Waals surface area contributed by atoms with E-state index >= 15 is 0 Å². The van der Waals surface area contributed by atoms with E-state index in [9.17, 15) is 23.6 Å². The lowest BCUT2D eigenvalue weighted by Crippen LogP contribution is -2.52. The van der Waals surface area contributed by atoms with E-state index < -0.39 is 47.7 Å². The number of hydrazine groups is 1. The van der Waals surface area contributed by atoms with Crippen molar-refractivity contribution in [3.05, 3.63) is 81.6 Å². The first-order chi connectivity index (χ1) is 15.3. The molecule has 3 amide bonds. The normalized spacial score (nSPS) is 19.8. The third-order valence-electron chi connectivity index (χ3n) is 5.59. The van der Waals surface area contributed by atoms with Crippen molar-refractivity contribution >= 4 is 46.7 Å². The maximum Gasteiger partial charge on any atom is 0.273 e. The second-order valence-corrected chi connectivity index (χ2v) is 8.38. The Morgan fingerprint density at radius 3 is 2.03 bits per heavy atom. The number of nitrogens with zero attached hydrogens (tertiary/aromatic N) is 2. The number of hydrogen-bond acceptors (Lipinski definition) is 4. The highest BCUT2D eigenvalue weighted by atomic mass is 35.5. The van der Waals surface area contributed by atoms with Gasteiger partial charge in [-0.1, -0.05) is 35.4 Å². The minimum Gasteiger partial charge on any atom is -0.292 e. The molecule has 2 atom stereocenters. The first-order valence-electron chi connectivity index (χ1n) is 9.86. The summed E-state index contributed by atoms with van der Waals surface area (Å²) >= 11 is 12.0. The number of amides is 3. The summed E-state index contributed by atoms with van der Waals surface area (Å²) < 4.78 is 13.2. The molecule has 0 unspecified atom stereocenters. The summed E-state index contributed by atoms with van der Waals surface area (Å²) in [4.78, 5) is 52.4. The highest BCUT2D eigenvalue weighted by molar-refractivity contribution is 6.42. The molecule has 9 heteroatoms. The van der Waals surface area contributed by atoms with Gasteiger partial charge in [0.2, 0.25) is 0 Å². The predicted octanol–water partition coefficient (Wildman–Crippen LogP) is 4.32. The summed E-state index contributed by atoms with van der Waals surface area (Å²) in [5, 5.41) is 1.95. The number of fused-ring (bicyclic) bond motifs is 1. The molecule has 0 spiro atoms. The molecule has 6 nitrogen and oxygen atoms in total. The van der Waals surface area contributed by atoms with E-state index in [4.69, 9.17) is 23.2 Å².